The predicted octanol–water partition coefficient (Wildman–Crippen LogP) is 2.80. The van der Waals surface area contributed by atoms with E-state index in [0.29, 0.717) is 6.42 Å². The van der Waals surface area contributed by atoms with E-state index in [9.17, 15) is 0 Å². The Morgan fingerprint density at radius 1 is 1.36 bits per heavy atom. The second kappa shape index (κ2) is 5.70. The molecule has 0 fully saturated rings. The zero-order valence-corrected chi connectivity index (χ0v) is 9.23. The van der Waals surface area contributed by atoms with Crippen molar-refractivity contribution >= 4 is 17.6 Å². The Morgan fingerprint density at radius 3 is 2.57 bits per heavy atom. The quantitative estimate of drug-likeness (QED) is 0.338. The third-order valence-electron chi connectivity index (χ3n) is 1.88. The van der Waals surface area contributed by atoms with Crippen LogP contribution in [0.4, 0.5) is 0 Å². The molecule has 3 N–H and O–H groups in total. The Labute approximate surface area is 89.4 Å². The first-order chi connectivity index (χ1) is 6.68. The molecule has 0 bridgehead atoms. The maximum atomic E-state index is 7.07. The largest absolute Gasteiger partial charge is 0.388 e. The van der Waals surface area contributed by atoms with E-state index in [4.69, 9.17) is 11.1 Å². The molecule has 76 valence electrons. The number of aryl methyl sites for hydroxylation is 1. The van der Waals surface area contributed by atoms with Gasteiger partial charge in [-0.3, -0.25) is 5.41 Å². The Bertz CT molecular complexity index is 293. The zero-order valence-electron chi connectivity index (χ0n) is 8.42. The van der Waals surface area contributed by atoms with Crippen molar-refractivity contribution in [3.8, 4) is 0 Å². The molecule has 0 saturated heterocycles. The van der Waals surface area contributed by atoms with Crippen LogP contribution < -0.4 is 5.73 Å². The second-order valence-corrected chi connectivity index (χ2v) is 4.46. The average molecular weight is 208 g/mol. The van der Waals surface area contributed by atoms with Crippen LogP contribution in [0.3, 0.4) is 0 Å². The summed E-state index contributed by atoms with van der Waals surface area (Å²) in [5.74, 6) is 1.32. The van der Waals surface area contributed by atoms with Crippen molar-refractivity contribution in [2.45, 2.75) is 24.7 Å². The van der Waals surface area contributed by atoms with E-state index < -0.39 is 0 Å². The van der Waals surface area contributed by atoms with Crippen LogP contribution in [0.2, 0.25) is 0 Å². The first-order valence-corrected chi connectivity index (χ1v) is 5.69. The summed E-state index contributed by atoms with van der Waals surface area (Å²) in [5.41, 5.74) is 6.56. The summed E-state index contributed by atoms with van der Waals surface area (Å²) in [4.78, 5) is 1.29. The van der Waals surface area contributed by atoms with Crippen LogP contribution in [-0.2, 0) is 0 Å². The van der Waals surface area contributed by atoms with Crippen molar-refractivity contribution in [3.05, 3.63) is 29.8 Å². The lowest BCUT2D eigenvalue weighted by molar-refractivity contribution is 0.988. The molecule has 3 heteroatoms. The van der Waals surface area contributed by atoms with Crippen LogP contribution in [0.15, 0.2) is 29.2 Å². The van der Waals surface area contributed by atoms with Gasteiger partial charge in [-0.1, -0.05) is 17.7 Å². The minimum Gasteiger partial charge on any atom is -0.388 e. The highest BCUT2D eigenvalue weighted by Crippen LogP contribution is 2.19. The van der Waals surface area contributed by atoms with Gasteiger partial charge in [-0.2, -0.15) is 0 Å². The van der Waals surface area contributed by atoms with Gasteiger partial charge in [-0.05, 0) is 31.2 Å². The molecule has 0 aliphatic rings. The molecule has 14 heavy (non-hydrogen) atoms. The third-order valence-corrected chi connectivity index (χ3v) is 2.98. The van der Waals surface area contributed by atoms with E-state index >= 15 is 0 Å². The molecule has 0 aromatic heterocycles. The summed E-state index contributed by atoms with van der Waals surface area (Å²) in [5, 5.41) is 7.07. The molecule has 0 unspecified atom stereocenters. The molecule has 1 aromatic carbocycles. The molecule has 1 aromatic rings. The molecule has 0 atom stereocenters. The fraction of sp³-hybridized carbons (Fsp3) is 0.364. The number of thioether (sulfide) groups is 1. The summed E-state index contributed by atoms with van der Waals surface area (Å²) >= 11 is 1.82. The van der Waals surface area contributed by atoms with Crippen LogP contribution in [0.5, 0.6) is 0 Å². The van der Waals surface area contributed by atoms with Gasteiger partial charge < -0.3 is 5.73 Å². The van der Waals surface area contributed by atoms with Gasteiger partial charge in [-0.15, -0.1) is 11.8 Å². The standard InChI is InChI=1S/C11H16N2S/c1-9-4-6-10(7-5-9)14-8-2-3-11(12)13/h4-7H,2-3,8H2,1H3,(H3,12,13). The van der Waals surface area contributed by atoms with Crippen molar-refractivity contribution in [1.29, 1.82) is 5.41 Å². The third kappa shape index (κ3) is 4.33. The van der Waals surface area contributed by atoms with E-state index in [0.717, 1.165) is 12.2 Å². The topological polar surface area (TPSA) is 49.9 Å². The van der Waals surface area contributed by atoms with Gasteiger partial charge in [0.15, 0.2) is 0 Å². The number of amidine groups is 1. The van der Waals surface area contributed by atoms with Gasteiger partial charge in [0.1, 0.15) is 0 Å². The Balaban J connectivity index is 2.25. The average Bonchev–Trinajstić information content (AvgIpc) is 2.15. The van der Waals surface area contributed by atoms with Crippen molar-refractivity contribution in [1.82, 2.24) is 0 Å². The molecule has 0 saturated carbocycles. The summed E-state index contributed by atoms with van der Waals surface area (Å²) < 4.78 is 0. The van der Waals surface area contributed by atoms with Crippen LogP contribution in [0.1, 0.15) is 18.4 Å². The highest BCUT2D eigenvalue weighted by atomic mass is 32.2. The Kier molecular flexibility index (Phi) is 4.53. The highest BCUT2D eigenvalue weighted by Gasteiger charge is 1.94. The molecule has 0 aliphatic heterocycles. The molecule has 2 nitrogen and oxygen atoms in total. The lowest BCUT2D eigenvalue weighted by atomic mass is 10.2. The van der Waals surface area contributed by atoms with Gasteiger partial charge in [-0.25, -0.2) is 0 Å². The Morgan fingerprint density at radius 2 is 2.00 bits per heavy atom. The molecular weight excluding hydrogens is 192 g/mol. The number of nitrogens with two attached hydrogens (primary N) is 1. The van der Waals surface area contributed by atoms with Crippen molar-refractivity contribution in [2.24, 2.45) is 5.73 Å². The summed E-state index contributed by atoms with van der Waals surface area (Å²) in [6, 6.07) is 8.50. The predicted molar refractivity (Wildman–Crippen MR) is 63.1 cm³/mol. The van der Waals surface area contributed by atoms with E-state index in [2.05, 4.69) is 31.2 Å². The maximum absolute atomic E-state index is 7.07. The van der Waals surface area contributed by atoms with Gasteiger partial charge in [0.2, 0.25) is 0 Å². The van der Waals surface area contributed by atoms with Crippen LogP contribution in [0, 0.1) is 12.3 Å². The smallest absolute Gasteiger partial charge is 0.0905 e. The molecule has 1 rings (SSSR count). The fourth-order valence-electron chi connectivity index (χ4n) is 1.09. The van der Waals surface area contributed by atoms with Gasteiger partial charge in [0, 0.05) is 11.3 Å². The van der Waals surface area contributed by atoms with Gasteiger partial charge in [0.05, 0.1) is 5.84 Å². The fourth-order valence-corrected chi connectivity index (χ4v) is 1.94. The zero-order chi connectivity index (χ0) is 10.4. The van der Waals surface area contributed by atoms with E-state index in [-0.39, 0.29) is 5.84 Å². The normalized spacial score (nSPS) is 10.1. The summed E-state index contributed by atoms with van der Waals surface area (Å²) in [7, 11) is 0. The minimum atomic E-state index is 0.287. The lowest BCUT2D eigenvalue weighted by Gasteiger charge is -2.01. The van der Waals surface area contributed by atoms with Crippen LogP contribution >= 0.6 is 11.8 Å². The first kappa shape index (κ1) is 11.1. The number of hydrogen-bond acceptors (Lipinski definition) is 2. The highest BCUT2D eigenvalue weighted by molar-refractivity contribution is 7.99. The Hall–Kier alpha value is -0.960. The van der Waals surface area contributed by atoms with E-state index in [1.54, 1.807) is 0 Å². The number of benzene rings is 1. The maximum Gasteiger partial charge on any atom is 0.0905 e. The monoisotopic (exact) mass is 208 g/mol. The lowest BCUT2D eigenvalue weighted by Crippen LogP contribution is -2.08. The first-order valence-electron chi connectivity index (χ1n) is 4.71. The second-order valence-electron chi connectivity index (χ2n) is 3.29. The summed E-state index contributed by atoms with van der Waals surface area (Å²) in [6.07, 6.45) is 1.69. The van der Waals surface area contributed by atoms with Crippen molar-refractivity contribution in [3.63, 3.8) is 0 Å². The molecule has 0 spiro atoms. The molecule has 0 amide bonds. The number of hydrogen-bond donors (Lipinski definition) is 2. The number of rotatable bonds is 5. The SMILES string of the molecule is Cc1ccc(SCCCC(=N)N)cc1. The molecule has 0 aliphatic carbocycles. The van der Waals surface area contributed by atoms with Gasteiger partial charge in [0.25, 0.3) is 0 Å². The van der Waals surface area contributed by atoms with Crippen LogP contribution in [-0.4, -0.2) is 11.6 Å². The van der Waals surface area contributed by atoms with Crippen molar-refractivity contribution < 1.29 is 0 Å². The molecular formula is C11H16N2S. The number of nitrogens with one attached hydrogen (secondary N) is 1. The summed E-state index contributed by atoms with van der Waals surface area (Å²) in [6.45, 7) is 2.09. The molecule has 0 heterocycles. The molecule has 0 radical (unpaired) electrons. The van der Waals surface area contributed by atoms with Crippen molar-refractivity contribution in [2.75, 3.05) is 5.75 Å². The minimum absolute atomic E-state index is 0.287. The van der Waals surface area contributed by atoms with Crippen LogP contribution in [0.25, 0.3) is 0 Å². The van der Waals surface area contributed by atoms with E-state index in [1.807, 2.05) is 11.8 Å². The van der Waals surface area contributed by atoms with E-state index in [1.165, 1.54) is 10.5 Å². The van der Waals surface area contributed by atoms with Gasteiger partial charge >= 0.3 is 0 Å².